The number of hydrogen-bond donors (Lipinski definition) is 1. The molecule has 0 unspecified atom stereocenters. The Morgan fingerprint density at radius 1 is 1.19 bits per heavy atom. The van der Waals surface area contributed by atoms with Gasteiger partial charge in [0.1, 0.15) is 13.2 Å². The predicted octanol–water partition coefficient (Wildman–Crippen LogP) is 2.74. The van der Waals surface area contributed by atoms with Gasteiger partial charge >= 0.3 is 0 Å². The van der Waals surface area contributed by atoms with Gasteiger partial charge in [-0.15, -0.1) is 0 Å². The molecular formula is C19H21N3O5. The van der Waals surface area contributed by atoms with Crippen LogP contribution < -0.4 is 14.8 Å². The Balaban J connectivity index is 1.59. The summed E-state index contributed by atoms with van der Waals surface area (Å²) in [5.74, 6) is 1.20. The number of rotatable bonds is 6. The van der Waals surface area contributed by atoms with E-state index in [-0.39, 0.29) is 18.1 Å². The van der Waals surface area contributed by atoms with E-state index in [9.17, 15) is 14.9 Å². The van der Waals surface area contributed by atoms with E-state index in [1.165, 1.54) is 12.1 Å². The van der Waals surface area contributed by atoms with Crippen molar-refractivity contribution in [1.29, 1.82) is 0 Å². The molecule has 142 valence electrons. The molecule has 1 aliphatic heterocycles. The van der Waals surface area contributed by atoms with Crippen LogP contribution in [0.2, 0.25) is 0 Å². The molecule has 1 amide bonds. The highest BCUT2D eigenvalue weighted by molar-refractivity contribution is 5.93. The molecule has 0 fully saturated rings. The summed E-state index contributed by atoms with van der Waals surface area (Å²) in [5, 5.41) is 13.6. The molecule has 0 spiro atoms. The maximum Gasteiger partial charge on any atom is 0.271 e. The first-order valence-electron chi connectivity index (χ1n) is 8.54. The van der Waals surface area contributed by atoms with Crippen molar-refractivity contribution in [2.45, 2.75) is 13.5 Å². The number of fused-ring (bicyclic) bond motifs is 1. The second-order valence-corrected chi connectivity index (χ2v) is 6.45. The fourth-order valence-electron chi connectivity index (χ4n) is 2.85. The van der Waals surface area contributed by atoms with E-state index in [2.05, 4.69) is 5.32 Å². The number of nitrogens with one attached hydrogen (secondary N) is 1. The summed E-state index contributed by atoms with van der Waals surface area (Å²) in [5.41, 5.74) is 2.16. The number of ether oxygens (including phenoxy) is 2. The van der Waals surface area contributed by atoms with Gasteiger partial charge in [0.2, 0.25) is 5.91 Å². The van der Waals surface area contributed by atoms with Gasteiger partial charge in [0.05, 0.1) is 17.2 Å². The first-order chi connectivity index (χ1) is 12.9. The van der Waals surface area contributed by atoms with Crippen LogP contribution >= 0.6 is 0 Å². The number of amides is 1. The Morgan fingerprint density at radius 3 is 2.67 bits per heavy atom. The topological polar surface area (TPSA) is 93.9 Å². The van der Waals surface area contributed by atoms with Gasteiger partial charge in [0.25, 0.3) is 5.69 Å². The second-order valence-electron chi connectivity index (χ2n) is 6.45. The van der Waals surface area contributed by atoms with E-state index in [0.717, 1.165) is 16.9 Å². The van der Waals surface area contributed by atoms with Gasteiger partial charge in [0, 0.05) is 18.7 Å². The molecule has 27 heavy (non-hydrogen) atoms. The molecule has 1 aliphatic rings. The van der Waals surface area contributed by atoms with Gasteiger partial charge in [-0.1, -0.05) is 12.1 Å². The van der Waals surface area contributed by atoms with Crippen molar-refractivity contribution >= 4 is 17.3 Å². The van der Waals surface area contributed by atoms with E-state index in [1.54, 1.807) is 13.0 Å². The van der Waals surface area contributed by atoms with E-state index < -0.39 is 4.92 Å². The highest BCUT2D eigenvalue weighted by Crippen LogP contribution is 2.31. The van der Waals surface area contributed by atoms with Crippen LogP contribution in [0.25, 0.3) is 0 Å². The summed E-state index contributed by atoms with van der Waals surface area (Å²) in [4.78, 5) is 24.6. The molecule has 1 heterocycles. The van der Waals surface area contributed by atoms with Gasteiger partial charge in [-0.2, -0.15) is 0 Å². The summed E-state index contributed by atoms with van der Waals surface area (Å²) < 4.78 is 11.1. The summed E-state index contributed by atoms with van der Waals surface area (Å²) >= 11 is 0. The van der Waals surface area contributed by atoms with Crippen molar-refractivity contribution in [3.8, 4) is 11.5 Å². The largest absolute Gasteiger partial charge is 0.486 e. The van der Waals surface area contributed by atoms with Gasteiger partial charge in [0.15, 0.2) is 11.5 Å². The Morgan fingerprint density at radius 2 is 1.93 bits per heavy atom. The van der Waals surface area contributed by atoms with Gasteiger partial charge in [-0.25, -0.2) is 0 Å². The third-order valence-electron chi connectivity index (χ3n) is 4.18. The Hall–Kier alpha value is -3.13. The number of nitro benzene ring substituents is 1. The summed E-state index contributed by atoms with van der Waals surface area (Å²) in [7, 11) is 1.83. The lowest BCUT2D eigenvalue weighted by molar-refractivity contribution is -0.384. The van der Waals surface area contributed by atoms with E-state index in [1.807, 2.05) is 30.1 Å². The summed E-state index contributed by atoms with van der Waals surface area (Å²) in [6, 6.07) is 10.1. The van der Waals surface area contributed by atoms with Crippen LogP contribution in [0.1, 0.15) is 11.1 Å². The summed E-state index contributed by atoms with van der Waals surface area (Å²) in [6.07, 6.45) is 0. The zero-order valence-corrected chi connectivity index (χ0v) is 15.2. The monoisotopic (exact) mass is 371 g/mol. The molecule has 0 saturated carbocycles. The minimum atomic E-state index is -0.483. The molecule has 0 aliphatic carbocycles. The smallest absolute Gasteiger partial charge is 0.271 e. The molecule has 1 N–H and O–H groups in total. The Kier molecular flexibility index (Phi) is 5.56. The maximum atomic E-state index is 12.3. The molecule has 0 radical (unpaired) electrons. The minimum Gasteiger partial charge on any atom is -0.486 e. The number of non-ortho nitro benzene ring substituents is 1. The number of benzene rings is 2. The quantitative estimate of drug-likeness (QED) is 0.620. The van der Waals surface area contributed by atoms with Crippen molar-refractivity contribution in [2.75, 3.05) is 32.1 Å². The number of carbonyl (C=O) groups excluding carboxylic acids is 1. The SMILES string of the molecule is Cc1ccc([N+](=O)[O-])cc1NC(=O)CN(C)Cc1ccc2c(c1)OCCO2. The number of likely N-dealkylation sites (N-methyl/N-ethyl adjacent to an activating group) is 1. The van der Waals surface area contributed by atoms with Gasteiger partial charge in [-0.05, 0) is 37.2 Å². The molecule has 0 atom stereocenters. The van der Waals surface area contributed by atoms with Crippen LogP contribution in [0, 0.1) is 17.0 Å². The molecule has 0 aromatic heterocycles. The lowest BCUT2D eigenvalue weighted by Gasteiger charge is -2.21. The molecular weight excluding hydrogens is 350 g/mol. The van der Waals surface area contributed by atoms with Gasteiger partial charge in [-0.3, -0.25) is 19.8 Å². The number of nitro groups is 1. The van der Waals surface area contributed by atoms with Crippen molar-refractivity contribution in [2.24, 2.45) is 0 Å². The third kappa shape index (κ3) is 4.73. The van der Waals surface area contributed by atoms with Crippen molar-refractivity contribution in [1.82, 2.24) is 4.90 Å². The number of carbonyl (C=O) groups is 1. The first-order valence-corrected chi connectivity index (χ1v) is 8.54. The van der Waals surface area contributed by atoms with Gasteiger partial charge < -0.3 is 14.8 Å². The fourth-order valence-corrected chi connectivity index (χ4v) is 2.85. The fraction of sp³-hybridized carbons (Fsp3) is 0.316. The van der Waals surface area contributed by atoms with E-state index >= 15 is 0 Å². The first kappa shape index (κ1) is 18.7. The standard InChI is InChI=1S/C19H21N3O5/c1-13-3-5-15(22(24)25)10-16(13)20-19(23)12-21(2)11-14-4-6-17-18(9-14)27-8-7-26-17/h3-6,9-10H,7-8,11-12H2,1-2H3,(H,20,23). The van der Waals surface area contributed by atoms with Crippen LogP contribution in [0.5, 0.6) is 11.5 Å². The van der Waals surface area contributed by atoms with Crippen molar-refractivity contribution in [3.63, 3.8) is 0 Å². The van der Waals surface area contributed by atoms with Crippen molar-refractivity contribution < 1.29 is 19.2 Å². The molecule has 2 aromatic carbocycles. The molecule has 0 bridgehead atoms. The third-order valence-corrected chi connectivity index (χ3v) is 4.18. The number of anilines is 1. The molecule has 8 heteroatoms. The lowest BCUT2D eigenvalue weighted by Crippen LogP contribution is -2.30. The second kappa shape index (κ2) is 8.05. The van der Waals surface area contributed by atoms with Crippen LogP contribution in [-0.2, 0) is 11.3 Å². The van der Waals surface area contributed by atoms with Crippen LogP contribution in [0.3, 0.4) is 0 Å². The molecule has 8 nitrogen and oxygen atoms in total. The highest BCUT2D eigenvalue weighted by Gasteiger charge is 2.15. The van der Waals surface area contributed by atoms with E-state index in [4.69, 9.17) is 9.47 Å². The van der Waals surface area contributed by atoms with Crippen molar-refractivity contribution in [3.05, 3.63) is 57.6 Å². The predicted molar refractivity (Wildman–Crippen MR) is 100 cm³/mol. The minimum absolute atomic E-state index is 0.0551. The molecule has 0 saturated heterocycles. The average Bonchev–Trinajstić information content (AvgIpc) is 2.63. The highest BCUT2D eigenvalue weighted by atomic mass is 16.6. The zero-order chi connectivity index (χ0) is 19.4. The van der Waals surface area contributed by atoms with Crippen LogP contribution in [-0.4, -0.2) is 42.5 Å². The maximum absolute atomic E-state index is 12.3. The lowest BCUT2D eigenvalue weighted by atomic mass is 10.1. The summed E-state index contributed by atoms with van der Waals surface area (Å²) in [6.45, 7) is 3.56. The number of nitrogens with zero attached hydrogens (tertiary/aromatic N) is 2. The Bertz CT molecular complexity index is 868. The molecule has 3 rings (SSSR count). The number of aryl methyl sites for hydroxylation is 1. The normalized spacial score (nSPS) is 12.7. The van der Waals surface area contributed by atoms with E-state index in [0.29, 0.717) is 31.2 Å². The van der Waals surface area contributed by atoms with Crippen LogP contribution in [0.4, 0.5) is 11.4 Å². The number of hydrogen-bond acceptors (Lipinski definition) is 6. The average molecular weight is 371 g/mol. The Labute approximate surface area is 156 Å². The van der Waals surface area contributed by atoms with Crippen LogP contribution in [0.15, 0.2) is 36.4 Å². The molecule has 2 aromatic rings. The zero-order valence-electron chi connectivity index (χ0n) is 15.2.